The largest absolute Gasteiger partial charge is 0.325 e. The van der Waals surface area contributed by atoms with Crippen molar-refractivity contribution in [3.63, 3.8) is 0 Å². The zero-order chi connectivity index (χ0) is 19.5. The van der Waals surface area contributed by atoms with Crippen molar-refractivity contribution in [1.82, 2.24) is 0 Å². The fourth-order valence-corrected chi connectivity index (χ4v) is 2.41. The number of hydrogen-bond acceptors (Lipinski definition) is 3. The molecule has 2 amide bonds. The van der Waals surface area contributed by atoms with E-state index in [1.165, 1.54) is 6.92 Å². The van der Waals surface area contributed by atoms with Gasteiger partial charge in [0.15, 0.2) is 5.78 Å². The van der Waals surface area contributed by atoms with E-state index in [1.54, 1.807) is 38.1 Å². The summed E-state index contributed by atoms with van der Waals surface area (Å²) in [4.78, 5) is 36.5. The number of amides is 2. The predicted molar refractivity (Wildman–Crippen MR) is 103 cm³/mol. The van der Waals surface area contributed by atoms with E-state index in [1.807, 2.05) is 32.0 Å². The lowest BCUT2D eigenvalue weighted by Gasteiger charge is -2.23. The fraction of sp³-hybridized carbons (Fsp3) is 0.286. The van der Waals surface area contributed by atoms with E-state index < -0.39 is 11.3 Å². The predicted octanol–water partition coefficient (Wildman–Crippen LogP) is 4.11. The van der Waals surface area contributed by atoms with Crippen molar-refractivity contribution in [2.45, 2.75) is 34.6 Å². The molecule has 0 radical (unpaired) electrons. The molecular weight excluding hydrogens is 328 g/mol. The fourth-order valence-electron chi connectivity index (χ4n) is 2.41. The summed E-state index contributed by atoms with van der Waals surface area (Å²) >= 11 is 0. The van der Waals surface area contributed by atoms with Crippen LogP contribution in [0.4, 0.5) is 11.4 Å². The van der Waals surface area contributed by atoms with Gasteiger partial charge in [0, 0.05) is 16.9 Å². The van der Waals surface area contributed by atoms with Gasteiger partial charge in [0.25, 0.3) is 0 Å². The highest BCUT2D eigenvalue weighted by atomic mass is 16.2. The van der Waals surface area contributed by atoms with E-state index in [9.17, 15) is 14.4 Å². The Bertz CT molecular complexity index is 852. The van der Waals surface area contributed by atoms with E-state index >= 15 is 0 Å². The van der Waals surface area contributed by atoms with E-state index in [2.05, 4.69) is 10.6 Å². The smallest absolute Gasteiger partial charge is 0.239 e. The van der Waals surface area contributed by atoms with Crippen LogP contribution in [0.2, 0.25) is 0 Å². The average Bonchev–Trinajstić information content (AvgIpc) is 2.57. The number of anilines is 2. The summed E-state index contributed by atoms with van der Waals surface area (Å²) in [5.74, 6) is -0.853. The van der Waals surface area contributed by atoms with Gasteiger partial charge in [-0.25, -0.2) is 0 Å². The van der Waals surface area contributed by atoms with Gasteiger partial charge in [-0.15, -0.1) is 0 Å². The second kappa shape index (κ2) is 7.52. The normalized spacial score (nSPS) is 11.0. The third-order valence-corrected chi connectivity index (χ3v) is 4.31. The van der Waals surface area contributed by atoms with Crippen LogP contribution in [0.5, 0.6) is 0 Å². The Balaban J connectivity index is 2.10. The lowest BCUT2D eigenvalue weighted by atomic mass is 9.90. The van der Waals surface area contributed by atoms with Gasteiger partial charge in [-0.3, -0.25) is 14.4 Å². The van der Waals surface area contributed by atoms with Crippen molar-refractivity contribution in [2.75, 3.05) is 10.6 Å². The molecule has 0 aliphatic carbocycles. The minimum atomic E-state index is -1.27. The molecule has 0 aliphatic heterocycles. The number of carbonyl (C=O) groups is 3. The van der Waals surface area contributed by atoms with Gasteiger partial charge >= 0.3 is 0 Å². The first-order valence-electron chi connectivity index (χ1n) is 8.42. The molecule has 0 aromatic heterocycles. The molecule has 2 aromatic carbocycles. The maximum Gasteiger partial charge on any atom is 0.239 e. The number of benzene rings is 2. The number of aryl methyl sites for hydroxylation is 2. The van der Waals surface area contributed by atoms with Crippen LogP contribution in [0.1, 0.15) is 42.3 Å². The Kier molecular flexibility index (Phi) is 5.60. The second-order valence-electron chi connectivity index (χ2n) is 6.99. The first-order chi connectivity index (χ1) is 12.1. The van der Waals surface area contributed by atoms with E-state index in [0.29, 0.717) is 16.9 Å². The maximum atomic E-state index is 12.6. The zero-order valence-electron chi connectivity index (χ0n) is 15.8. The van der Waals surface area contributed by atoms with E-state index in [0.717, 1.165) is 11.1 Å². The number of rotatable bonds is 5. The minimum Gasteiger partial charge on any atom is -0.325 e. The van der Waals surface area contributed by atoms with Crippen LogP contribution in [0.25, 0.3) is 0 Å². The Morgan fingerprint density at radius 3 is 1.96 bits per heavy atom. The molecule has 26 heavy (non-hydrogen) atoms. The topological polar surface area (TPSA) is 75.3 Å². The molecule has 5 heteroatoms. The van der Waals surface area contributed by atoms with Crippen molar-refractivity contribution < 1.29 is 14.4 Å². The summed E-state index contributed by atoms with van der Waals surface area (Å²) in [5.41, 5.74) is 2.56. The molecule has 0 unspecified atom stereocenters. The zero-order valence-corrected chi connectivity index (χ0v) is 15.8. The Morgan fingerprint density at radius 1 is 0.846 bits per heavy atom. The van der Waals surface area contributed by atoms with Crippen molar-refractivity contribution in [1.29, 1.82) is 0 Å². The van der Waals surface area contributed by atoms with E-state index in [4.69, 9.17) is 0 Å². The second-order valence-corrected chi connectivity index (χ2v) is 6.99. The summed E-state index contributed by atoms with van der Waals surface area (Å²) in [6, 6.07) is 12.3. The van der Waals surface area contributed by atoms with Crippen LogP contribution in [0, 0.1) is 19.3 Å². The molecule has 0 heterocycles. The molecular formula is C21H24N2O3. The molecule has 0 saturated carbocycles. The highest BCUT2D eigenvalue weighted by molar-refractivity contribution is 6.14. The molecule has 2 rings (SSSR count). The summed E-state index contributed by atoms with van der Waals surface area (Å²) in [5, 5.41) is 5.55. The van der Waals surface area contributed by atoms with Crippen LogP contribution < -0.4 is 10.6 Å². The van der Waals surface area contributed by atoms with Crippen LogP contribution in [-0.4, -0.2) is 17.6 Å². The summed E-state index contributed by atoms with van der Waals surface area (Å²) in [6.45, 7) is 8.52. The van der Waals surface area contributed by atoms with Gasteiger partial charge in [-0.05, 0) is 70.5 Å². The van der Waals surface area contributed by atoms with Gasteiger partial charge in [0.05, 0.1) is 0 Å². The number of carbonyl (C=O) groups excluding carboxylic acids is 3. The Morgan fingerprint density at radius 2 is 1.42 bits per heavy atom. The lowest BCUT2D eigenvalue weighted by Crippen LogP contribution is -2.41. The van der Waals surface area contributed by atoms with Crippen molar-refractivity contribution in [3.05, 3.63) is 59.2 Å². The molecule has 0 bridgehead atoms. The molecule has 0 saturated heterocycles. The van der Waals surface area contributed by atoms with E-state index in [-0.39, 0.29) is 11.7 Å². The molecule has 0 atom stereocenters. The summed E-state index contributed by atoms with van der Waals surface area (Å²) in [7, 11) is 0. The third kappa shape index (κ3) is 4.36. The monoisotopic (exact) mass is 352 g/mol. The van der Waals surface area contributed by atoms with Gasteiger partial charge in [0.2, 0.25) is 11.8 Å². The quantitative estimate of drug-likeness (QED) is 0.628. The van der Waals surface area contributed by atoms with Gasteiger partial charge < -0.3 is 10.6 Å². The standard InChI is InChI=1S/C21H24N2O3/c1-13-6-11-18(14(2)12-13)23-20(26)21(4,5)19(25)22-17-9-7-16(8-10-17)15(3)24/h6-12H,1-5H3,(H,22,25)(H,23,26). The Labute approximate surface area is 153 Å². The number of hydrogen-bond donors (Lipinski definition) is 2. The van der Waals surface area contributed by atoms with Crippen molar-refractivity contribution in [2.24, 2.45) is 5.41 Å². The number of nitrogens with one attached hydrogen (secondary N) is 2. The van der Waals surface area contributed by atoms with Gasteiger partial charge in [-0.1, -0.05) is 17.7 Å². The SMILES string of the molecule is CC(=O)c1ccc(NC(=O)C(C)(C)C(=O)Nc2ccc(C)cc2C)cc1. The maximum absolute atomic E-state index is 12.6. The first-order valence-corrected chi connectivity index (χ1v) is 8.42. The average molecular weight is 352 g/mol. The van der Waals surface area contributed by atoms with Crippen LogP contribution in [0.15, 0.2) is 42.5 Å². The van der Waals surface area contributed by atoms with Gasteiger partial charge in [0.1, 0.15) is 5.41 Å². The van der Waals surface area contributed by atoms with Gasteiger partial charge in [-0.2, -0.15) is 0 Å². The van der Waals surface area contributed by atoms with Crippen molar-refractivity contribution in [3.8, 4) is 0 Å². The van der Waals surface area contributed by atoms with Crippen LogP contribution >= 0.6 is 0 Å². The molecule has 5 nitrogen and oxygen atoms in total. The first kappa shape index (κ1) is 19.4. The molecule has 0 spiro atoms. The lowest BCUT2D eigenvalue weighted by molar-refractivity contribution is -0.135. The van der Waals surface area contributed by atoms with Crippen LogP contribution in [0.3, 0.4) is 0 Å². The summed E-state index contributed by atoms with van der Waals surface area (Å²) < 4.78 is 0. The molecule has 2 N–H and O–H groups in total. The molecule has 0 fully saturated rings. The summed E-state index contributed by atoms with van der Waals surface area (Å²) in [6.07, 6.45) is 0. The molecule has 2 aromatic rings. The number of ketones is 1. The Hall–Kier alpha value is -2.95. The van der Waals surface area contributed by atoms with Crippen molar-refractivity contribution >= 4 is 29.0 Å². The van der Waals surface area contributed by atoms with Crippen LogP contribution in [-0.2, 0) is 9.59 Å². The molecule has 0 aliphatic rings. The highest BCUT2D eigenvalue weighted by Gasteiger charge is 2.36. The molecule has 136 valence electrons. The third-order valence-electron chi connectivity index (χ3n) is 4.31. The highest BCUT2D eigenvalue weighted by Crippen LogP contribution is 2.24. The minimum absolute atomic E-state index is 0.0453. The number of Topliss-reactive ketones (excluding diaryl/α,β-unsaturated/α-hetero) is 1.